The van der Waals surface area contributed by atoms with Gasteiger partial charge in [-0.15, -0.1) is 0 Å². The second-order valence-corrected chi connectivity index (χ2v) is 4.42. The average molecular weight is 206 g/mol. The van der Waals surface area contributed by atoms with Crippen molar-refractivity contribution >= 4 is 11.2 Å². The Morgan fingerprint density at radius 2 is 1.93 bits per heavy atom. The third-order valence-electron chi connectivity index (χ3n) is 1.87. The molecule has 0 fully saturated rings. The van der Waals surface area contributed by atoms with E-state index in [1.807, 2.05) is 32.4 Å². The zero-order chi connectivity index (χ0) is 11.1. The molecule has 0 bridgehead atoms. The van der Waals surface area contributed by atoms with E-state index in [-0.39, 0.29) is 5.60 Å². The number of fused-ring (bicyclic) bond motifs is 1. The average Bonchev–Trinajstić information content (AvgIpc) is 2.47. The van der Waals surface area contributed by atoms with Gasteiger partial charge in [-0.05, 0) is 20.8 Å². The molecule has 0 aliphatic rings. The number of ether oxygens (including phenoxy) is 1. The van der Waals surface area contributed by atoms with Crippen molar-refractivity contribution < 1.29 is 4.74 Å². The van der Waals surface area contributed by atoms with Gasteiger partial charge in [-0.25, -0.2) is 9.97 Å². The highest BCUT2D eigenvalue weighted by Gasteiger charge is 2.17. The quantitative estimate of drug-likeness (QED) is 0.710. The zero-order valence-electron chi connectivity index (χ0n) is 9.35. The topological polar surface area (TPSA) is 52.8 Å². The number of rotatable bonds is 1. The van der Waals surface area contributed by atoms with Crippen LogP contribution in [-0.2, 0) is 7.05 Å². The zero-order valence-corrected chi connectivity index (χ0v) is 9.35. The van der Waals surface area contributed by atoms with E-state index < -0.39 is 0 Å². The maximum absolute atomic E-state index is 5.70. The number of aryl methyl sites for hydroxylation is 1. The molecule has 80 valence electrons. The second kappa shape index (κ2) is 3.18. The molecule has 0 N–H and O–H groups in total. The highest BCUT2D eigenvalue weighted by Crippen LogP contribution is 2.22. The maximum atomic E-state index is 5.70. The lowest BCUT2D eigenvalue weighted by atomic mass is 10.2. The van der Waals surface area contributed by atoms with Gasteiger partial charge in [0.05, 0.1) is 6.33 Å². The van der Waals surface area contributed by atoms with E-state index in [0.29, 0.717) is 11.4 Å². The van der Waals surface area contributed by atoms with Gasteiger partial charge in [-0.1, -0.05) is 0 Å². The van der Waals surface area contributed by atoms with Gasteiger partial charge in [0.15, 0.2) is 11.2 Å². The van der Waals surface area contributed by atoms with Crippen LogP contribution in [0.2, 0.25) is 0 Å². The van der Waals surface area contributed by atoms with E-state index in [1.165, 1.54) is 6.33 Å². The van der Waals surface area contributed by atoms with Crippen LogP contribution in [0, 0.1) is 0 Å². The summed E-state index contributed by atoms with van der Waals surface area (Å²) in [7, 11) is 1.89. The van der Waals surface area contributed by atoms with Gasteiger partial charge >= 0.3 is 0 Å². The summed E-state index contributed by atoms with van der Waals surface area (Å²) in [4.78, 5) is 12.5. The summed E-state index contributed by atoms with van der Waals surface area (Å²) < 4.78 is 7.54. The molecule has 0 saturated heterocycles. The van der Waals surface area contributed by atoms with E-state index in [1.54, 1.807) is 6.33 Å². The van der Waals surface area contributed by atoms with Crippen LogP contribution in [0.3, 0.4) is 0 Å². The highest BCUT2D eigenvalue weighted by atomic mass is 16.5. The summed E-state index contributed by atoms with van der Waals surface area (Å²) in [6.45, 7) is 5.93. The first-order valence-corrected chi connectivity index (χ1v) is 4.78. The molecule has 0 atom stereocenters. The standard InChI is InChI=1S/C10H14N4O/c1-10(2,3)15-9-7-8(11-5-12-9)14(4)6-13-7/h5-6H,1-4H3. The lowest BCUT2D eigenvalue weighted by Crippen LogP contribution is -2.23. The van der Waals surface area contributed by atoms with Crippen LogP contribution in [0.5, 0.6) is 5.88 Å². The third kappa shape index (κ3) is 1.91. The van der Waals surface area contributed by atoms with Gasteiger partial charge in [0.1, 0.15) is 11.9 Å². The SMILES string of the molecule is Cn1cnc2c(OC(C)(C)C)ncnc21. The first-order valence-electron chi connectivity index (χ1n) is 4.78. The molecule has 0 amide bonds. The third-order valence-corrected chi connectivity index (χ3v) is 1.87. The minimum Gasteiger partial charge on any atom is -0.470 e. The summed E-state index contributed by atoms with van der Waals surface area (Å²) in [6.07, 6.45) is 3.19. The van der Waals surface area contributed by atoms with E-state index in [9.17, 15) is 0 Å². The predicted octanol–water partition coefficient (Wildman–Crippen LogP) is 1.54. The molecule has 2 aromatic heterocycles. The van der Waals surface area contributed by atoms with Crippen LogP contribution in [0.1, 0.15) is 20.8 Å². The molecule has 0 aromatic carbocycles. The Hall–Kier alpha value is -1.65. The fourth-order valence-electron chi connectivity index (χ4n) is 1.29. The van der Waals surface area contributed by atoms with Gasteiger partial charge in [0.25, 0.3) is 0 Å². The van der Waals surface area contributed by atoms with Crippen LogP contribution in [0.15, 0.2) is 12.7 Å². The Morgan fingerprint density at radius 1 is 1.20 bits per heavy atom. The van der Waals surface area contributed by atoms with Crippen molar-refractivity contribution in [3.8, 4) is 5.88 Å². The molecular weight excluding hydrogens is 192 g/mol. The number of hydrogen-bond acceptors (Lipinski definition) is 4. The van der Waals surface area contributed by atoms with Crippen molar-refractivity contribution in [2.24, 2.45) is 7.05 Å². The van der Waals surface area contributed by atoms with E-state index in [4.69, 9.17) is 4.74 Å². The molecule has 0 spiro atoms. The van der Waals surface area contributed by atoms with Gasteiger partial charge in [0, 0.05) is 7.05 Å². The normalized spacial score (nSPS) is 12.0. The van der Waals surface area contributed by atoms with Crippen molar-refractivity contribution in [3.05, 3.63) is 12.7 Å². The van der Waals surface area contributed by atoms with E-state index in [2.05, 4.69) is 15.0 Å². The minimum absolute atomic E-state index is 0.279. The highest BCUT2D eigenvalue weighted by molar-refractivity contribution is 5.75. The summed E-state index contributed by atoms with van der Waals surface area (Å²) in [5.74, 6) is 0.535. The van der Waals surface area contributed by atoms with Crippen molar-refractivity contribution in [1.82, 2.24) is 19.5 Å². The molecule has 2 heterocycles. The summed E-state index contributed by atoms with van der Waals surface area (Å²) >= 11 is 0. The molecule has 5 heteroatoms. The molecule has 0 aliphatic carbocycles. The first-order chi connectivity index (χ1) is 6.97. The first kappa shape index (κ1) is 9.89. The van der Waals surface area contributed by atoms with Crippen molar-refractivity contribution in [2.75, 3.05) is 0 Å². The Kier molecular flexibility index (Phi) is 2.10. The van der Waals surface area contributed by atoms with Gasteiger partial charge in [-0.2, -0.15) is 4.98 Å². The lowest BCUT2D eigenvalue weighted by Gasteiger charge is -2.19. The van der Waals surface area contributed by atoms with Crippen LogP contribution >= 0.6 is 0 Å². The molecule has 0 radical (unpaired) electrons. The van der Waals surface area contributed by atoms with Crippen LogP contribution in [0.25, 0.3) is 11.2 Å². The molecule has 5 nitrogen and oxygen atoms in total. The van der Waals surface area contributed by atoms with E-state index in [0.717, 1.165) is 5.65 Å². The number of aromatic nitrogens is 4. The summed E-state index contributed by atoms with van der Waals surface area (Å²) in [5.41, 5.74) is 1.21. The lowest BCUT2D eigenvalue weighted by molar-refractivity contribution is 0.126. The molecule has 2 rings (SSSR count). The van der Waals surface area contributed by atoms with Crippen LogP contribution < -0.4 is 4.74 Å². The molecule has 15 heavy (non-hydrogen) atoms. The summed E-state index contributed by atoms with van der Waals surface area (Å²) in [6, 6.07) is 0. The monoisotopic (exact) mass is 206 g/mol. The van der Waals surface area contributed by atoms with Crippen molar-refractivity contribution in [1.29, 1.82) is 0 Å². The molecule has 0 aliphatic heterocycles. The molecule has 2 aromatic rings. The van der Waals surface area contributed by atoms with Gasteiger partial charge < -0.3 is 9.30 Å². The molecule has 0 saturated carbocycles. The second-order valence-electron chi connectivity index (χ2n) is 4.42. The summed E-state index contributed by atoms with van der Waals surface area (Å²) in [5, 5.41) is 0. The van der Waals surface area contributed by atoms with Crippen LogP contribution in [0.4, 0.5) is 0 Å². The smallest absolute Gasteiger partial charge is 0.245 e. The fraction of sp³-hybridized carbons (Fsp3) is 0.500. The number of nitrogens with zero attached hydrogens (tertiary/aromatic N) is 4. The van der Waals surface area contributed by atoms with E-state index >= 15 is 0 Å². The van der Waals surface area contributed by atoms with Crippen LogP contribution in [-0.4, -0.2) is 25.1 Å². The fourth-order valence-corrected chi connectivity index (χ4v) is 1.29. The van der Waals surface area contributed by atoms with Gasteiger partial charge in [-0.3, -0.25) is 0 Å². The Bertz CT molecular complexity index is 484. The maximum Gasteiger partial charge on any atom is 0.245 e. The van der Waals surface area contributed by atoms with Crippen molar-refractivity contribution in [3.63, 3.8) is 0 Å². The van der Waals surface area contributed by atoms with Gasteiger partial charge in [0.2, 0.25) is 5.88 Å². The molecule has 0 unspecified atom stereocenters. The molecular formula is C10H14N4O. The Labute approximate surface area is 88.1 Å². The largest absolute Gasteiger partial charge is 0.470 e. The minimum atomic E-state index is -0.279. The number of imidazole rings is 1. The Balaban J connectivity index is 2.52. The van der Waals surface area contributed by atoms with Crippen molar-refractivity contribution in [2.45, 2.75) is 26.4 Å². The number of hydrogen-bond donors (Lipinski definition) is 0. The predicted molar refractivity (Wildman–Crippen MR) is 56.7 cm³/mol. The Morgan fingerprint density at radius 3 is 2.60 bits per heavy atom.